The van der Waals surface area contributed by atoms with E-state index < -0.39 is 0 Å². The SMILES string of the molecule is COc1ccc(C(C)=O)c(OCC2CN(C(=O)c3ccccc3I)CCO2)c1OC. The number of benzene rings is 2. The average Bonchev–Trinajstić information content (AvgIpc) is 2.76. The van der Waals surface area contributed by atoms with Crippen molar-refractivity contribution >= 4 is 34.3 Å². The summed E-state index contributed by atoms with van der Waals surface area (Å²) in [4.78, 5) is 26.7. The molecule has 0 N–H and O–H groups in total. The van der Waals surface area contributed by atoms with Gasteiger partial charge in [-0.05, 0) is 53.8 Å². The van der Waals surface area contributed by atoms with Gasteiger partial charge in [-0.1, -0.05) is 12.1 Å². The molecule has 1 unspecified atom stereocenters. The summed E-state index contributed by atoms with van der Waals surface area (Å²) in [5, 5.41) is 0. The van der Waals surface area contributed by atoms with E-state index in [1.54, 1.807) is 17.0 Å². The minimum Gasteiger partial charge on any atom is -0.493 e. The summed E-state index contributed by atoms with van der Waals surface area (Å²) >= 11 is 2.16. The summed E-state index contributed by atoms with van der Waals surface area (Å²) in [6.07, 6.45) is -0.334. The van der Waals surface area contributed by atoms with Crippen LogP contribution >= 0.6 is 22.6 Å². The highest BCUT2D eigenvalue weighted by Crippen LogP contribution is 2.40. The number of amides is 1. The fraction of sp³-hybridized carbons (Fsp3) is 0.364. The first-order chi connectivity index (χ1) is 14.5. The van der Waals surface area contributed by atoms with Crippen LogP contribution in [0.25, 0.3) is 0 Å². The van der Waals surface area contributed by atoms with Gasteiger partial charge in [-0.2, -0.15) is 0 Å². The quantitative estimate of drug-likeness (QED) is 0.408. The van der Waals surface area contributed by atoms with Gasteiger partial charge in [-0.25, -0.2) is 0 Å². The Labute approximate surface area is 189 Å². The molecule has 30 heavy (non-hydrogen) atoms. The second kappa shape index (κ2) is 10.1. The number of nitrogens with zero attached hydrogens (tertiary/aromatic N) is 1. The van der Waals surface area contributed by atoms with Crippen LogP contribution in [0.5, 0.6) is 17.2 Å². The van der Waals surface area contributed by atoms with E-state index in [-0.39, 0.29) is 24.4 Å². The first-order valence-electron chi connectivity index (χ1n) is 9.50. The number of carbonyl (C=O) groups excluding carboxylic acids is 2. The number of rotatable bonds is 7. The lowest BCUT2D eigenvalue weighted by Crippen LogP contribution is -2.47. The maximum atomic E-state index is 12.9. The first-order valence-corrected chi connectivity index (χ1v) is 10.6. The number of morpholine rings is 1. The predicted molar refractivity (Wildman–Crippen MR) is 120 cm³/mol. The van der Waals surface area contributed by atoms with Crippen molar-refractivity contribution in [3.63, 3.8) is 0 Å². The van der Waals surface area contributed by atoms with Crippen LogP contribution in [0, 0.1) is 3.57 Å². The van der Waals surface area contributed by atoms with Gasteiger partial charge in [0.05, 0.1) is 38.5 Å². The van der Waals surface area contributed by atoms with E-state index in [1.807, 2.05) is 24.3 Å². The lowest BCUT2D eigenvalue weighted by atomic mass is 10.1. The molecule has 1 saturated heterocycles. The zero-order valence-corrected chi connectivity index (χ0v) is 19.3. The second-order valence-corrected chi connectivity index (χ2v) is 7.93. The Hall–Kier alpha value is -2.33. The fourth-order valence-electron chi connectivity index (χ4n) is 3.31. The molecule has 0 spiro atoms. The van der Waals surface area contributed by atoms with Crippen LogP contribution in [0.1, 0.15) is 27.6 Å². The molecule has 1 amide bonds. The van der Waals surface area contributed by atoms with E-state index >= 15 is 0 Å². The molecule has 0 saturated carbocycles. The van der Waals surface area contributed by atoms with Gasteiger partial charge in [-0.3, -0.25) is 9.59 Å². The van der Waals surface area contributed by atoms with Crippen LogP contribution in [0.4, 0.5) is 0 Å². The Morgan fingerprint density at radius 1 is 1.10 bits per heavy atom. The molecule has 160 valence electrons. The highest BCUT2D eigenvalue weighted by Gasteiger charge is 2.28. The molecular weight excluding hydrogens is 501 g/mol. The molecule has 7 nitrogen and oxygen atoms in total. The summed E-state index contributed by atoms with van der Waals surface area (Å²) in [5.74, 6) is 0.960. The Morgan fingerprint density at radius 2 is 1.87 bits per heavy atom. The summed E-state index contributed by atoms with van der Waals surface area (Å²) in [6.45, 7) is 2.96. The van der Waals surface area contributed by atoms with E-state index in [0.717, 1.165) is 3.57 Å². The minimum absolute atomic E-state index is 0.0308. The highest BCUT2D eigenvalue weighted by molar-refractivity contribution is 14.1. The molecule has 3 rings (SSSR count). The summed E-state index contributed by atoms with van der Waals surface area (Å²) in [5.41, 5.74) is 1.07. The van der Waals surface area contributed by atoms with Crippen LogP contribution in [0.3, 0.4) is 0 Å². The van der Waals surface area contributed by atoms with Crippen molar-refractivity contribution in [2.75, 3.05) is 40.5 Å². The van der Waals surface area contributed by atoms with Crippen molar-refractivity contribution in [1.82, 2.24) is 4.90 Å². The molecule has 8 heteroatoms. The third-order valence-electron chi connectivity index (χ3n) is 4.82. The van der Waals surface area contributed by atoms with Gasteiger partial charge in [0.1, 0.15) is 12.7 Å². The van der Waals surface area contributed by atoms with Crippen molar-refractivity contribution in [3.8, 4) is 17.2 Å². The number of methoxy groups -OCH3 is 2. The van der Waals surface area contributed by atoms with Crippen LogP contribution < -0.4 is 14.2 Å². The third kappa shape index (κ3) is 4.86. The van der Waals surface area contributed by atoms with Crippen molar-refractivity contribution in [2.45, 2.75) is 13.0 Å². The molecule has 1 fully saturated rings. The Morgan fingerprint density at radius 3 is 2.53 bits per heavy atom. The zero-order valence-electron chi connectivity index (χ0n) is 17.1. The minimum atomic E-state index is -0.334. The van der Waals surface area contributed by atoms with Gasteiger partial charge < -0.3 is 23.8 Å². The predicted octanol–water partition coefficient (Wildman–Crippen LogP) is 3.43. The van der Waals surface area contributed by atoms with E-state index in [0.29, 0.717) is 48.1 Å². The number of hydrogen-bond acceptors (Lipinski definition) is 6. The number of hydrogen-bond donors (Lipinski definition) is 0. The van der Waals surface area contributed by atoms with Gasteiger partial charge in [0.2, 0.25) is 5.75 Å². The fourth-order valence-corrected chi connectivity index (χ4v) is 3.92. The standard InChI is InChI=1S/C22H24INO6/c1-14(25)16-8-9-19(27-2)21(28-3)20(16)30-13-15-12-24(10-11-29-15)22(26)17-6-4-5-7-18(17)23/h4-9,15H,10-13H2,1-3H3. The second-order valence-electron chi connectivity index (χ2n) is 6.77. The van der Waals surface area contributed by atoms with Crippen LogP contribution in [0.15, 0.2) is 36.4 Å². The van der Waals surface area contributed by atoms with Crippen molar-refractivity contribution in [1.29, 1.82) is 0 Å². The Kier molecular flexibility index (Phi) is 7.54. The van der Waals surface area contributed by atoms with Crippen molar-refractivity contribution in [3.05, 3.63) is 51.1 Å². The van der Waals surface area contributed by atoms with E-state index in [4.69, 9.17) is 18.9 Å². The largest absolute Gasteiger partial charge is 0.493 e. The molecular formula is C22H24INO6. The summed E-state index contributed by atoms with van der Waals surface area (Å²) < 4.78 is 23.4. The van der Waals surface area contributed by atoms with E-state index in [2.05, 4.69) is 22.6 Å². The molecule has 0 aliphatic carbocycles. The number of ether oxygens (including phenoxy) is 4. The van der Waals surface area contributed by atoms with Crippen LogP contribution in [-0.4, -0.2) is 63.2 Å². The van der Waals surface area contributed by atoms with Gasteiger partial charge >= 0.3 is 0 Å². The number of Topliss-reactive ketones (excluding diaryl/α,β-unsaturated/α-hetero) is 1. The third-order valence-corrected chi connectivity index (χ3v) is 5.76. The number of carbonyl (C=O) groups is 2. The summed E-state index contributed by atoms with van der Waals surface area (Å²) in [6, 6.07) is 10.8. The summed E-state index contributed by atoms with van der Waals surface area (Å²) in [7, 11) is 3.02. The lowest BCUT2D eigenvalue weighted by Gasteiger charge is -2.33. The molecule has 1 atom stereocenters. The Balaban J connectivity index is 1.74. The topological polar surface area (TPSA) is 74.3 Å². The highest BCUT2D eigenvalue weighted by atomic mass is 127. The van der Waals surface area contributed by atoms with Crippen LogP contribution in [-0.2, 0) is 4.74 Å². The van der Waals surface area contributed by atoms with E-state index in [9.17, 15) is 9.59 Å². The average molecular weight is 525 g/mol. The van der Waals surface area contributed by atoms with Gasteiger partial charge in [0.15, 0.2) is 17.3 Å². The van der Waals surface area contributed by atoms with Gasteiger partial charge in [0, 0.05) is 10.1 Å². The molecule has 0 aromatic heterocycles. The zero-order chi connectivity index (χ0) is 21.7. The van der Waals surface area contributed by atoms with Gasteiger partial charge in [0.25, 0.3) is 5.91 Å². The first kappa shape index (κ1) is 22.4. The molecule has 1 aliphatic rings. The molecule has 1 heterocycles. The van der Waals surface area contributed by atoms with Crippen LogP contribution in [0.2, 0.25) is 0 Å². The molecule has 0 radical (unpaired) electrons. The maximum Gasteiger partial charge on any atom is 0.255 e. The number of ketones is 1. The number of halogens is 1. The Bertz CT molecular complexity index is 932. The monoisotopic (exact) mass is 525 g/mol. The van der Waals surface area contributed by atoms with Gasteiger partial charge in [-0.15, -0.1) is 0 Å². The molecule has 2 aromatic rings. The van der Waals surface area contributed by atoms with Crippen molar-refractivity contribution in [2.24, 2.45) is 0 Å². The maximum absolute atomic E-state index is 12.9. The van der Waals surface area contributed by atoms with E-state index in [1.165, 1.54) is 21.1 Å². The molecule has 1 aliphatic heterocycles. The smallest absolute Gasteiger partial charge is 0.255 e. The lowest BCUT2D eigenvalue weighted by molar-refractivity contribution is -0.0405. The molecule has 0 bridgehead atoms. The van der Waals surface area contributed by atoms with Crippen molar-refractivity contribution < 1.29 is 28.5 Å². The normalized spacial score (nSPS) is 16.1. The molecule has 2 aromatic carbocycles.